The van der Waals surface area contributed by atoms with E-state index in [1.807, 2.05) is 0 Å². The first-order chi connectivity index (χ1) is 12.1. The van der Waals surface area contributed by atoms with E-state index in [1.54, 1.807) is 6.92 Å². The molecule has 1 atom stereocenters. The van der Waals surface area contributed by atoms with Crippen LogP contribution >= 0.6 is 0 Å². The predicted molar refractivity (Wildman–Crippen MR) is 85.2 cm³/mol. The highest BCUT2D eigenvalue weighted by Crippen LogP contribution is 2.33. The third-order valence-electron chi connectivity index (χ3n) is 3.51. The second-order valence-corrected chi connectivity index (χ2v) is 5.51. The Morgan fingerprint density at radius 2 is 1.92 bits per heavy atom. The molecule has 7 nitrogen and oxygen atoms in total. The number of halogens is 3. The van der Waals surface area contributed by atoms with Crippen LogP contribution in [0.4, 0.5) is 18.9 Å². The summed E-state index contributed by atoms with van der Waals surface area (Å²) in [5.74, 6) is -2.43. The number of ether oxygens (including phenoxy) is 1. The fraction of sp³-hybridized carbons (Fsp3) is 0.312. The average molecular weight is 371 g/mol. The van der Waals surface area contributed by atoms with Gasteiger partial charge in [0.25, 0.3) is 0 Å². The molecule has 0 saturated carbocycles. The van der Waals surface area contributed by atoms with E-state index < -0.39 is 29.3 Å². The topological polar surface area (TPSA) is 93.5 Å². The molecular formula is C16H16F3N3O4. The summed E-state index contributed by atoms with van der Waals surface area (Å²) in [6, 6.07) is 5.39. The number of alkyl halides is 3. The van der Waals surface area contributed by atoms with E-state index in [4.69, 9.17) is 9.84 Å². The van der Waals surface area contributed by atoms with Gasteiger partial charge in [0.1, 0.15) is 5.56 Å². The zero-order chi connectivity index (χ0) is 19.5. The number of nitrogens with one attached hydrogen (secondary N) is 1. The molecule has 1 aromatic carbocycles. The number of rotatable bonds is 6. The predicted octanol–water partition coefficient (Wildman–Crippen LogP) is 2.81. The van der Waals surface area contributed by atoms with Gasteiger partial charge in [-0.15, -0.1) is 0 Å². The Hall–Kier alpha value is -2.88. The molecule has 0 radical (unpaired) electrons. The summed E-state index contributed by atoms with van der Waals surface area (Å²) >= 11 is 0. The van der Waals surface area contributed by atoms with Crippen LogP contribution in [0, 0.1) is 5.92 Å². The number of nitrogens with zero attached hydrogens (tertiary/aromatic N) is 2. The van der Waals surface area contributed by atoms with Crippen LogP contribution in [-0.4, -0.2) is 40.5 Å². The van der Waals surface area contributed by atoms with E-state index in [9.17, 15) is 22.8 Å². The van der Waals surface area contributed by atoms with Crippen molar-refractivity contribution < 1.29 is 32.6 Å². The maximum atomic E-state index is 13.2. The Bertz CT molecular complexity index is 800. The first-order valence-corrected chi connectivity index (χ1v) is 7.44. The summed E-state index contributed by atoms with van der Waals surface area (Å²) in [5, 5.41) is 15.1. The summed E-state index contributed by atoms with van der Waals surface area (Å²) in [6.07, 6.45) is -4.25. The van der Waals surface area contributed by atoms with Crippen molar-refractivity contribution in [2.45, 2.75) is 13.1 Å². The largest absolute Gasteiger partial charge is 0.478 e. The summed E-state index contributed by atoms with van der Waals surface area (Å²) < 4.78 is 45.0. The first-order valence-electron chi connectivity index (χ1n) is 7.44. The minimum absolute atomic E-state index is 0.00719. The standard InChI is InChI=1S/C16H16F3N3O4/c1-9(8-26-2)14(23)21-10-3-5-11(6-4-10)22-13(16(17,18)19)12(7-20-22)15(24)25/h3-7,9H,8H2,1-2H3,(H,21,23)(H,24,25). The van der Waals surface area contributed by atoms with Crippen molar-refractivity contribution >= 4 is 17.6 Å². The maximum Gasteiger partial charge on any atom is 0.434 e. The molecule has 0 bridgehead atoms. The van der Waals surface area contributed by atoms with Crippen LogP contribution in [0.2, 0.25) is 0 Å². The van der Waals surface area contributed by atoms with E-state index in [0.29, 0.717) is 16.6 Å². The molecular weight excluding hydrogens is 355 g/mol. The quantitative estimate of drug-likeness (QED) is 0.814. The van der Waals surface area contributed by atoms with Crippen LogP contribution in [0.25, 0.3) is 5.69 Å². The van der Waals surface area contributed by atoms with Gasteiger partial charge in [0.15, 0.2) is 5.69 Å². The van der Waals surface area contributed by atoms with Gasteiger partial charge in [-0.3, -0.25) is 4.79 Å². The number of anilines is 1. The second kappa shape index (κ2) is 7.56. The number of hydrogen-bond donors (Lipinski definition) is 2. The van der Waals surface area contributed by atoms with Crippen molar-refractivity contribution in [1.82, 2.24) is 9.78 Å². The number of aromatic nitrogens is 2. The monoisotopic (exact) mass is 371 g/mol. The molecule has 0 aliphatic carbocycles. The second-order valence-electron chi connectivity index (χ2n) is 5.51. The highest BCUT2D eigenvalue weighted by Gasteiger charge is 2.40. The minimum atomic E-state index is -4.90. The molecule has 2 rings (SSSR count). The van der Waals surface area contributed by atoms with Crippen molar-refractivity contribution in [3.05, 3.63) is 41.7 Å². The van der Waals surface area contributed by atoms with Gasteiger partial charge in [0.2, 0.25) is 5.91 Å². The number of carbonyl (C=O) groups is 2. The lowest BCUT2D eigenvalue weighted by Crippen LogP contribution is -2.23. The molecule has 1 amide bonds. The molecule has 0 fully saturated rings. The molecule has 1 aromatic heterocycles. The summed E-state index contributed by atoms with van der Waals surface area (Å²) in [6.45, 7) is 1.89. The normalized spacial score (nSPS) is 12.7. The molecule has 0 aliphatic heterocycles. The van der Waals surface area contributed by atoms with Gasteiger partial charge < -0.3 is 15.2 Å². The molecule has 1 unspecified atom stereocenters. The third kappa shape index (κ3) is 4.20. The number of carboxylic acids is 1. The molecule has 140 valence electrons. The van der Waals surface area contributed by atoms with E-state index in [2.05, 4.69) is 10.4 Å². The molecule has 2 aromatic rings. The lowest BCUT2D eigenvalue weighted by Gasteiger charge is -2.13. The van der Waals surface area contributed by atoms with Gasteiger partial charge in [-0.25, -0.2) is 9.48 Å². The smallest absolute Gasteiger partial charge is 0.434 e. The van der Waals surface area contributed by atoms with Crippen molar-refractivity contribution in [2.75, 3.05) is 19.0 Å². The summed E-state index contributed by atoms with van der Waals surface area (Å²) in [5.41, 5.74) is -1.94. The highest BCUT2D eigenvalue weighted by molar-refractivity contribution is 5.92. The van der Waals surface area contributed by atoms with E-state index in [1.165, 1.54) is 31.4 Å². The van der Waals surface area contributed by atoms with E-state index in [-0.39, 0.29) is 18.2 Å². The Morgan fingerprint density at radius 3 is 2.42 bits per heavy atom. The van der Waals surface area contributed by atoms with E-state index >= 15 is 0 Å². The zero-order valence-corrected chi connectivity index (χ0v) is 13.9. The van der Waals surface area contributed by atoms with Gasteiger partial charge in [-0.1, -0.05) is 6.92 Å². The van der Waals surface area contributed by atoms with Crippen LogP contribution in [-0.2, 0) is 15.7 Å². The first kappa shape index (κ1) is 19.4. The highest BCUT2D eigenvalue weighted by atomic mass is 19.4. The summed E-state index contributed by atoms with van der Waals surface area (Å²) in [7, 11) is 1.46. The summed E-state index contributed by atoms with van der Waals surface area (Å²) in [4.78, 5) is 22.9. The zero-order valence-electron chi connectivity index (χ0n) is 13.9. The van der Waals surface area contributed by atoms with Crippen molar-refractivity contribution in [1.29, 1.82) is 0 Å². The average Bonchev–Trinajstić information content (AvgIpc) is 3.01. The van der Waals surface area contributed by atoms with Crippen molar-refractivity contribution in [2.24, 2.45) is 5.92 Å². The molecule has 2 N–H and O–H groups in total. The lowest BCUT2D eigenvalue weighted by atomic mass is 10.1. The molecule has 0 spiro atoms. The maximum absolute atomic E-state index is 13.2. The molecule has 1 heterocycles. The number of aromatic carboxylic acids is 1. The lowest BCUT2D eigenvalue weighted by molar-refractivity contribution is -0.143. The Kier molecular flexibility index (Phi) is 5.66. The Morgan fingerprint density at radius 1 is 1.31 bits per heavy atom. The van der Waals surface area contributed by atoms with Gasteiger partial charge >= 0.3 is 12.1 Å². The Labute approximate surface area is 146 Å². The van der Waals surface area contributed by atoms with Crippen LogP contribution in [0.3, 0.4) is 0 Å². The number of benzene rings is 1. The fourth-order valence-corrected chi connectivity index (χ4v) is 2.25. The fourth-order valence-electron chi connectivity index (χ4n) is 2.25. The number of carboxylic acid groups (broad SMARTS) is 1. The molecule has 0 saturated heterocycles. The minimum Gasteiger partial charge on any atom is -0.478 e. The SMILES string of the molecule is COCC(C)C(=O)Nc1ccc(-n2ncc(C(=O)O)c2C(F)(F)F)cc1. The van der Waals surface area contributed by atoms with Gasteiger partial charge in [-0.05, 0) is 24.3 Å². The number of carbonyl (C=O) groups excluding carboxylic acids is 1. The van der Waals surface area contributed by atoms with Gasteiger partial charge in [0.05, 0.1) is 24.4 Å². The number of hydrogen-bond acceptors (Lipinski definition) is 4. The van der Waals surface area contributed by atoms with E-state index in [0.717, 1.165) is 0 Å². The van der Waals surface area contributed by atoms with Crippen molar-refractivity contribution in [3.63, 3.8) is 0 Å². The Balaban J connectivity index is 2.29. The molecule has 0 aliphatic rings. The molecule has 10 heteroatoms. The van der Waals surface area contributed by atoms with Crippen LogP contribution in [0.1, 0.15) is 23.0 Å². The van der Waals surface area contributed by atoms with Gasteiger partial charge in [-0.2, -0.15) is 18.3 Å². The van der Waals surface area contributed by atoms with Crippen LogP contribution < -0.4 is 5.32 Å². The third-order valence-corrected chi connectivity index (χ3v) is 3.51. The molecule has 26 heavy (non-hydrogen) atoms. The number of methoxy groups -OCH3 is 1. The van der Waals surface area contributed by atoms with Gasteiger partial charge in [0, 0.05) is 12.8 Å². The number of amides is 1. The van der Waals surface area contributed by atoms with Crippen LogP contribution in [0.15, 0.2) is 30.5 Å². The van der Waals surface area contributed by atoms with Crippen molar-refractivity contribution in [3.8, 4) is 5.69 Å². The van der Waals surface area contributed by atoms with Crippen LogP contribution in [0.5, 0.6) is 0 Å².